The second kappa shape index (κ2) is 9.55. The second-order valence-corrected chi connectivity index (χ2v) is 4.69. The normalized spacial score (nSPS) is 10.7. The van der Waals surface area contributed by atoms with Gasteiger partial charge in [-0.2, -0.15) is 16.7 Å². The van der Waals surface area contributed by atoms with Crippen LogP contribution >= 0.6 is 11.8 Å². The summed E-state index contributed by atoms with van der Waals surface area (Å²) < 4.78 is 4.82. The molecule has 0 saturated carbocycles. The number of rotatable bonds is 10. The molecule has 12 heteroatoms. The molecular weight excluding hydrogens is 300 g/mol. The van der Waals surface area contributed by atoms with E-state index in [1.807, 2.05) is 0 Å². The maximum atomic E-state index is 9.98. The van der Waals surface area contributed by atoms with Crippen LogP contribution in [0.5, 0.6) is 0 Å². The summed E-state index contributed by atoms with van der Waals surface area (Å²) in [6.45, 7) is 1.17. The summed E-state index contributed by atoms with van der Waals surface area (Å²) in [7, 11) is 0. The first kappa shape index (κ1) is 16.7. The Morgan fingerprint density at radius 1 is 1.62 bits per heavy atom. The van der Waals surface area contributed by atoms with Crippen LogP contribution in [0.2, 0.25) is 0 Å². The molecule has 0 bridgehead atoms. The van der Waals surface area contributed by atoms with Crippen LogP contribution in [0.1, 0.15) is 5.82 Å². The molecule has 1 aromatic heterocycles. The smallest absolute Gasteiger partial charge is 0.328 e. The average Bonchev–Trinajstić information content (AvgIpc) is 2.83. The van der Waals surface area contributed by atoms with Crippen LogP contribution in [0.25, 0.3) is 0 Å². The molecule has 21 heavy (non-hydrogen) atoms. The van der Waals surface area contributed by atoms with E-state index in [1.54, 1.807) is 11.8 Å². The SMILES string of the molecule is N=C(N)Nc1nc(CSCCNCNC=C[N+](=O)[O-])no1. The van der Waals surface area contributed by atoms with E-state index in [9.17, 15) is 10.1 Å². The first-order valence-corrected chi connectivity index (χ1v) is 6.99. The van der Waals surface area contributed by atoms with Crippen LogP contribution < -0.4 is 21.7 Å². The molecule has 0 spiro atoms. The van der Waals surface area contributed by atoms with Gasteiger partial charge in [-0.25, -0.2) is 0 Å². The Kier molecular flexibility index (Phi) is 7.60. The van der Waals surface area contributed by atoms with E-state index in [0.29, 0.717) is 18.2 Å². The zero-order valence-electron chi connectivity index (χ0n) is 11.0. The predicted octanol–water partition coefficient (Wildman–Crippen LogP) is -0.507. The summed E-state index contributed by atoms with van der Waals surface area (Å²) in [5.74, 6) is 1.63. The number of anilines is 1. The Labute approximate surface area is 124 Å². The fourth-order valence-electron chi connectivity index (χ4n) is 1.12. The Morgan fingerprint density at radius 2 is 2.43 bits per heavy atom. The third-order valence-corrected chi connectivity index (χ3v) is 2.86. The zero-order valence-corrected chi connectivity index (χ0v) is 11.9. The van der Waals surface area contributed by atoms with Crippen LogP contribution in [0.15, 0.2) is 16.9 Å². The van der Waals surface area contributed by atoms with Crippen LogP contribution in [0.4, 0.5) is 6.01 Å². The number of guanidine groups is 1. The van der Waals surface area contributed by atoms with Gasteiger partial charge in [0.25, 0.3) is 0 Å². The Hall–Kier alpha value is -2.34. The summed E-state index contributed by atoms with van der Waals surface area (Å²) in [6.07, 6.45) is 2.10. The third kappa shape index (κ3) is 8.43. The molecule has 1 aromatic rings. The van der Waals surface area contributed by atoms with Gasteiger partial charge in [0.2, 0.25) is 6.20 Å². The number of hydrogen-bond donors (Lipinski definition) is 5. The summed E-state index contributed by atoms with van der Waals surface area (Å²) in [5, 5.41) is 28.9. The van der Waals surface area contributed by atoms with Gasteiger partial charge in [0.15, 0.2) is 11.8 Å². The summed E-state index contributed by atoms with van der Waals surface area (Å²) in [5.41, 5.74) is 5.12. The molecule has 1 rings (SSSR count). The molecule has 0 aromatic carbocycles. The molecule has 0 atom stereocenters. The van der Waals surface area contributed by atoms with E-state index in [1.165, 1.54) is 6.20 Å². The molecule has 6 N–H and O–H groups in total. The van der Waals surface area contributed by atoms with Crippen LogP contribution in [0, 0.1) is 15.5 Å². The first-order chi connectivity index (χ1) is 10.1. The lowest BCUT2D eigenvalue weighted by molar-refractivity contribution is -0.402. The summed E-state index contributed by atoms with van der Waals surface area (Å²) in [4.78, 5) is 13.4. The fourth-order valence-corrected chi connectivity index (χ4v) is 1.85. The van der Waals surface area contributed by atoms with Gasteiger partial charge < -0.3 is 15.6 Å². The lowest BCUT2D eigenvalue weighted by Crippen LogP contribution is -2.27. The molecule has 1 heterocycles. The van der Waals surface area contributed by atoms with Gasteiger partial charge in [0.1, 0.15) is 0 Å². The molecule has 0 aliphatic heterocycles. The quantitative estimate of drug-likeness (QED) is 0.0946. The molecular formula is C9H16N8O3S. The highest BCUT2D eigenvalue weighted by Gasteiger charge is 2.05. The van der Waals surface area contributed by atoms with Gasteiger partial charge in [-0.15, -0.1) is 0 Å². The van der Waals surface area contributed by atoms with Gasteiger partial charge in [0.05, 0.1) is 23.5 Å². The lowest BCUT2D eigenvalue weighted by Gasteiger charge is -2.02. The maximum Gasteiger partial charge on any atom is 0.328 e. The number of hydrogen-bond acceptors (Lipinski definition) is 9. The van der Waals surface area contributed by atoms with Crippen molar-refractivity contribution in [1.29, 1.82) is 5.41 Å². The lowest BCUT2D eigenvalue weighted by atomic mass is 10.7. The van der Waals surface area contributed by atoms with Crippen molar-refractivity contribution in [3.63, 3.8) is 0 Å². The van der Waals surface area contributed by atoms with Gasteiger partial charge in [-0.3, -0.25) is 26.2 Å². The van der Waals surface area contributed by atoms with E-state index in [4.69, 9.17) is 15.7 Å². The number of aromatic nitrogens is 2. The molecule has 11 nitrogen and oxygen atoms in total. The number of thioether (sulfide) groups is 1. The van der Waals surface area contributed by atoms with Crippen molar-refractivity contribution in [2.75, 3.05) is 24.3 Å². The van der Waals surface area contributed by atoms with Crippen molar-refractivity contribution in [3.8, 4) is 0 Å². The number of nitrogens with two attached hydrogens (primary N) is 1. The highest BCUT2D eigenvalue weighted by Crippen LogP contribution is 2.10. The van der Waals surface area contributed by atoms with Crippen molar-refractivity contribution < 1.29 is 9.45 Å². The van der Waals surface area contributed by atoms with Crippen molar-refractivity contribution in [1.82, 2.24) is 20.8 Å². The molecule has 0 aliphatic carbocycles. The largest absolute Gasteiger partial charge is 0.373 e. The topological polar surface area (TPSA) is 168 Å². The molecule has 0 unspecified atom stereocenters. The molecule has 0 saturated heterocycles. The highest BCUT2D eigenvalue weighted by molar-refractivity contribution is 7.98. The van der Waals surface area contributed by atoms with Crippen molar-refractivity contribution >= 4 is 23.7 Å². The summed E-state index contributed by atoms with van der Waals surface area (Å²) in [6, 6.07) is 0.0954. The Bertz CT molecular complexity index is 491. The standard InChI is InChI=1S/C9H16N8O3S/c10-8(11)15-9-14-7(16-20-9)5-21-4-2-13-6-12-1-3-17(18)19/h1,3,12-13H,2,4-6H2,(H4,10,11,14,15,16). The van der Waals surface area contributed by atoms with Gasteiger partial charge in [0, 0.05) is 12.3 Å². The average molecular weight is 316 g/mol. The molecule has 0 fully saturated rings. The summed E-state index contributed by atoms with van der Waals surface area (Å²) >= 11 is 1.59. The van der Waals surface area contributed by atoms with Gasteiger partial charge in [-0.05, 0) is 0 Å². The number of nitrogens with zero attached hydrogens (tertiary/aromatic N) is 3. The fraction of sp³-hybridized carbons (Fsp3) is 0.444. The van der Waals surface area contributed by atoms with Crippen LogP contribution in [-0.2, 0) is 5.75 Å². The number of nitro groups is 1. The zero-order chi connectivity index (χ0) is 15.5. The molecule has 116 valence electrons. The molecule has 0 amide bonds. The molecule has 0 aliphatic rings. The maximum absolute atomic E-state index is 9.98. The second-order valence-electron chi connectivity index (χ2n) is 3.59. The monoisotopic (exact) mass is 316 g/mol. The van der Waals surface area contributed by atoms with Crippen molar-refractivity contribution in [3.05, 3.63) is 28.3 Å². The van der Waals surface area contributed by atoms with Crippen molar-refractivity contribution in [2.45, 2.75) is 5.75 Å². The Balaban J connectivity index is 2.02. The van der Waals surface area contributed by atoms with Crippen molar-refractivity contribution in [2.24, 2.45) is 5.73 Å². The Morgan fingerprint density at radius 3 is 3.14 bits per heavy atom. The minimum atomic E-state index is -0.539. The predicted molar refractivity (Wildman–Crippen MR) is 78.1 cm³/mol. The third-order valence-electron chi connectivity index (χ3n) is 1.91. The number of nitrogens with one attached hydrogen (secondary N) is 4. The van der Waals surface area contributed by atoms with E-state index < -0.39 is 4.92 Å². The van der Waals surface area contributed by atoms with E-state index in [-0.39, 0.29) is 12.0 Å². The van der Waals surface area contributed by atoms with Crippen LogP contribution in [0.3, 0.4) is 0 Å². The van der Waals surface area contributed by atoms with E-state index >= 15 is 0 Å². The van der Waals surface area contributed by atoms with Crippen LogP contribution in [-0.4, -0.2) is 40.0 Å². The van der Waals surface area contributed by atoms with Gasteiger partial charge >= 0.3 is 6.01 Å². The minimum absolute atomic E-state index is 0.0954. The minimum Gasteiger partial charge on any atom is -0.373 e. The van der Waals surface area contributed by atoms with Gasteiger partial charge in [-0.1, -0.05) is 5.16 Å². The first-order valence-electron chi connectivity index (χ1n) is 5.83. The van der Waals surface area contributed by atoms with E-state index in [2.05, 4.69) is 26.1 Å². The highest BCUT2D eigenvalue weighted by atomic mass is 32.2. The van der Waals surface area contributed by atoms with E-state index in [0.717, 1.165) is 18.5 Å². The molecule has 0 radical (unpaired) electrons.